The molecular weight excluding hydrogens is 406 g/mol. The second-order valence-electron chi connectivity index (χ2n) is 8.24. The van der Waals surface area contributed by atoms with Crippen molar-refractivity contribution in [3.8, 4) is 5.75 Å². The van der Waals surface area contributed by atoms with Gasteiger partial charge in [0.2, 0.25) is 0 Å². The zero-order valence-corrected chi connectivity index (χ0v) is 18.1. The molecule has 32 heavy (non-hydrogen) atoms. The Hall–Kier alpha value is -3.61. The highest BCUT2D eigenvalue weighted by molar-refractivity contribution is 6.06. The Morgan fingerprint density at radius 1 is 1.12 bits per heavy atom. The van der Waals surface area contributed by atoms with Gasteiger partial charge < -0.3 is 19.8 Å². The first-order valence-corrected chi connectivity index (χ1v) is 10.9. The minimum atomic E-state index is -0.382. The molecule has 0 bridgehead atoms. The van der Waals surface area contributed by atoms with Crippen LogP contribution in [0.2, 0.25) is 0 Å². The fraction of sp³-hybridized carbons (Fsp3) is 0.320. The Balaban J connectivity index is 1.35. The van der Waals surface area contributed by atoms with Gasteiger partial charge >= 0.3 is 0 Å². The first kappa shape index (κ1) is 21.6. The number of amides is 2. The van der Waals surface area contributed by atoms with Crippen LogP contribution in [-0.4, -0.2) is 40.1 Å². The van der Waals surface area contributed by atoms with E-state index in [1.165, 1.54) is 23.9 Å². The number of likely N-dealkylation sites (tertiary alicyclic amines) is 1. The van der Waals surface area contributed by atoms with E-state index in [9.17, 15) is 14.7 Å². The lowest BCUT2D eigenvalue weighted by Crippen LogP contribution is -2.38. The zero-order valence-electron chi connectivity index (χ0n) is 18.1. The number of phenolic OH excluding ortho intramolecular Hbond substituents is 1. The summed E-state index contributed by atoms with van der Waals surface area (Å²) in [5.41, 5.74) is 2.28. The number of hydrogen-bond donors (Lipinski definition) is 2. The van der Waals surface area contributed by atoms with Gasteiger partial charge in [-0.25, -0.2) is 0 Å². The van der Waals surface area contributed by atoms with Crippen LogP contribution in [0.1, 0.15) is 51.3 Å². The molecule has 0 atom stereocenters. The van der Waals surface area contributed by atoms with Gasteiger partial charge in [-0.3, -0.25) is 9.59 Å². The van der Waals surface area contributed by atoms with E-state index < -0.39 is 0 Å². The predicted molar refractivity (Wildman–Crippen MR) is 121 cm³/mol. The molecule has 0 aliphatic carbocycles. The summed E-state index contributed by atoms with van der Waals surface area (Å²) in [6.45, 7) is 2.97. The van der Waals surface area contributed by atoms with Gasteiger partial charge in [-0.2, -0.15) is 0 Å². The first-order valence-electron chi connectivity index (χ1n) is 10.9. The molecule has 3 aromatic rings. The SMILES string of the molecule is Cc1oncc1C(=O)Nc1ccc(O)c(C(=O)N2CCC(CCc3ccccc3)CC2)c1. The fourth-order valence-corrected chi connectivity index (χ4v) is 4.11. The normalized spacial score (nSPS) is 14.3. The molecule has 7 heteroatoms. The van der Waals surface area contributed by atoms with Crippen LogP contribution in [0, 0.1) is 12.8 Å². The number of carbonyl (C=O) groups is 2. The lowest BCUT2D eigenvalue weighted by molar-refractivity contribution is 0.0683. The fourth-order valence-electron chi connectivity index (χ4n) is 4.11. The number of nitrogens with zero attached hydrogens (tertiary/aromatic N) is 2. The van der Waals surface area contributed by atoms with Crippen LogP contribution in [0.15, 0.2) is 59.3 Å². The quantitative estimate of drug-likeness (QED) is 0.561. The molecule has 166 valence electrons. The molecule has 1 saturated heterocycles. The molecular formula is C25H27N3O4. The molecule has 1 fully saturated rings. The maximum atomic E-state index is 13.1. The van der Waals surface area contributed by atoms with Gasteiger partial charge in [0.1, 0.15) is 17.1 Å². The van der Waals surface area contributed by atoms with Gasteiger partial charge in [0.05, 0.1) is 11.8 Å². The monoisotopic (exact) mass is 433 g/mol. The summed E-state index contributed by atoms with van der Waals surface area (Å²) in [6.07, 6.45) is 5.40. The van der Waals surface area contributed by atoms with E-state index in [0.29, 0.717) is 36.0 Å². The third-order valence-corrected chi connectivity index (χ3v) is 6.07. The van der Waals surface area contributed by atoms with Crippen molar-refractivity contribution >= 4 is 17.5 Å². The van der Waals surface area contributed by atoms with E-state index in [1.807, 2.05) is 6.07 Å². The Bertz CT molecular complexity index is 1090. The molecule has 2 amide bonds. The number of rotatable bonds is 6. The number of benzene rings is 2. The van der Waals surface area contributed by atoms with Crippen molar-refractivity contribution in [3.63, 3.8) is 0 Å². The number of piperidine rings is 1. The van der Waals surface area contributed by atoms with Crippen molar-refractivity contribution in [1.82, 2.24) is 10.1 Å². The Morgan fingerprint density at radius 2 is 1.88 bits per heavy atom. The maximum absolute atomic E-state index is 13.1. The van der Waals surface area contributed by atoms with Crippen LogP contribution >= 0.6 is 0 Å². The topological polar surface area (TPSA) is 95.7 Å². The zero-order chi connectivity index (χ0) is 22.5. The molecule has 7 nitrogen and oxygen atoms in total. The summed E-state index contributed by atoms with van der Waals surface area (Å²) in [5.74, 6) is 0.298. The van der Waals surface area contributed by atoms with Gasteiger partial charge in [-0.15, -0.1) is 0 Å². The summed E-state index contributed by atoms with van der Waals surface area (Å²) < 4.78 is 4.92. The van der Waals surface area contributed by atoms with Gasteiger partial charge in [-0.05, 0) is 62.3 Å². The number of aryl methyl sites for hydroxylation is 2. The highest BCUT2D eigenvalue weighted by Crippen LogP contribution is 2.27. The highest BCUT2D eigenvalue weighted by atomic mass is 16.5. The number of nitrogens with one attached hydrogen (secondary N) is 1. The molecule has 2 aromatic carbocycles. The smallest absolute Gasteiger partial charge is 0.260 e. The standard InChI is InChI=1S/C25H27N3O4/c1-17-22(16-26-32-17)24(30)27-20-9-10-23(29)21(15-20)25(31)28-13-11-19(12-14-28)8-7-18-5-3-2-4-6-18/h2-6,9-10,15-16,19,29H,7-8,11-14H2,1H3,(H,27,30). The lowest BCUT2D eigenvalue weighted by Gasteiger charge is -2.32. The Morgan fingerprint density at radius 3 is 2.56 bits per heavy atom. The van der Waals surface area contributed by atoms with Crippen LogP contribution < -0.4 is 5.32 Å². The van der Waals surface area contributed by atoms with Crippen molar-refractivity contribution in [3.05, 3.63) is 77.2 Å². The van der Waals surface area contributed by atoms with Gasteiger partial charge in [0.15, 0.2) is 0 Å². The van der Waals surface area contributed by atoms with E-state index >= 15 is 0 Å². The van der Waals surface area contributed by atoms with E-state index in [4.69, 9.17) is 4.52 Å². The number of anilines is 1. The summed E-state index contributed by atoms with van der Waals surface area (Å²) in [7, 11) is 0. The van der Waals surface area contributed by atoms with Crippen molar-refractivity contribution in [2.75, 3.05) is 18.4 Å². The molecule has 0 saturated carbocycles. The number of aromatic hydroxyl groups is 1. The molecule has 0 unspecified atom stereocenters. The van der Waals surface area contributed by atoms with Gasteiger partial charge in [0.25, 0.3) is 11.8 Å². The molecule has 0 radical (unpaired) electrons. The average Bonchev–Trinajstić information content (AvgIpc) is 3.25. The maximum Gasteiger partial charge on any atom is 0.260 e. The van der Waals surface area contributed by atoms with Crippen LogP contribution in [0.4, 0.5) is 5.69 Å². The second-order valence-corrected chi connectivity index (χ2v) is 8.24. The van der Waals surface area contributed by atoms with E-state index in [2.05, 4.69) is 34.7 Å². The minimum Gasteiger partial charge on any atom is -0.507 e. The largest absolute Gasteiger partial charge is 0.507 e. The van der Waals surface area contributed by atoms with Crippen LogP contribution in [0.5, 0.6) is 5.75 Å². The molecule has 1 aliphatic heterocycles. The summed E-state index contributed by atoms with van der Waals surface area (Å²) in [5, 5.41) is 16.6. The van der Waals surface area contributed by atoms with Crippen LogP contribution in [0.25, 0.3) is 0 Å². The Labute approximate surface area is 187 Å². The molecule has 1 aliphatic rings. The first-order chi connectivity index (χ1) is 15.5. The predicted octanol–water partition coefficient (Wildman–Crippen LogP) is 4.43. The second kappa shape index (κ2) is 9.68. The average molecular weight is 434 g/mol. The van der Waals surface area contributed by atoms with E-state index in [1.54, 1.807) is 17.9 Å². The Kier molecular flexibility index (Phi) is 6.54. The summed E-state index contributed by atoms with van der Waals surface area (Å²) >= 11 is 0. The minimum absolute atomic E-state index is 0.0969. The molecule has 2 heterocycles. The van der Waals surface area contributed by atoms with Crippen LogP contribution in [0.3, 0.4) is 0 Å². The van der Waals surface area contributed by atoms with Crippen LogP contribution in [-0.2, 0) is 6.42 Å². The molecule has 0 spiro atoms. The van der Waals surface area contributed by atoms with Crippen molar-refractivity contribution in [1.29, 1.82) is 0 Å². The molecule has 4 rings (SSSR count). The van der Waals surface area contributed by atoms with E-state index in [0.717, 1.165) is 25.7 Å². The number of phenols is 1. The van der Waals surface area contributed by atoms with Gasteiger partial charge in [-0.1, -0.05) is 35.5 Å². The summed E-state index contributed by atoms with van der Waals surface area (Å²) in [4.78, 5) is 27.2. The van der Waals surface area contributed by atoms with Gasteiger partial charge in [0, 0.05) is 18.8 Å². The molecule has 1 aromatic heterocycles. The summed E-state index contributed by atoms with van der Waals surface area (Å²) in [6, 6.07) is 15.0. The third kappa shape index (κ3) is 4.99. The number of hydrogen-bond acceptors (Lipinski definition) is 5. The van der Waals surface area contributed by atoms with Crippen molar-refractivity contribution in [2.45, 2.75) is 32.6 Å². The number of aromatic nitrogens is 1. The molecule has 2 N–H and O–H groups in total. The lowest BCUT2D eigenvalue weighted by atomic mass is 9.90. The van der Waals surface area contributed by atoms with Crippen molar-refractivity contribution in [2.24, 2.45) is 5.92 Å². The number of carbonyl (C=O) groups excluding carboxylic acids is 2. The highest BCUT2D eigenvalue weighted by Gasteiger charge is 2.25. The third-order valence-electron chi connectivity index (χ3n) is 6.07. The van der Waals surface area contributed by atoms with E-state index in [-0.39, 0.29) is 23.1 Å². The van der Waals surface area contributed by atoms with Crippen molar-refractivity contribution < 1.29 is 19.2 Å².